The van der Waals surface area contributed by atoms with Crippen molar-refractivity contribution in [3.63, 3.8) is 0 Å². The summed E-state index contributed by atoms with van der Waals surface area (Å²) in [5.74, 6) is -0.631. The van der Waals surface area contributed by atoms with E-state index in [0.717, 1.165) is 0 Å². The first-order valence-corrected chi connectivity index (χ1v) is 10.6. The second kappa shape index (κ2) is 5.28. The van der Waals surface area contributed by atoms with E-state index >= 15 is 0 Å². The first-order chi connectivity index (χ1) is 9.36. The van der Waals surface area contributed by atoms with Gasteiger partial charge in [0.15, 0.2) is 14.1 Å². The van der Waals surface area contributed by atoms with Gasteiger partial charge in [-0.3, -0.25) is 0 Å². The number of aliphatic hydroxyl groups is 1. The molecule has 0 bridgehead atoms. The smallest absolute Gasteiger partial charge is 0.192 e. The largest absolute Gasteiger partial charge is 0.414 e. The van der Waals surface area contributed by atoms with Crippen LogP contribution in [0.4, 0.5) is 0 Å². The number of hydrogen-bond donors (Lipinski definition) is 1. The molecule has 2 rings (SSSR count). The molecule has 124 valence electrons. The van der Waals surface area contributed by atoms with Gasteiger partial charge >= 0.3 is 0 Å². The van der Waals surface area contributed by atoms with E-state index in [4.69, 9.17) is 18.6 Å². The summed E-state index contributed by atoms with van der Waals surface area (Å²) in [5, 5.41) is 10.8. The molecule has 0 aromatic heterocycles. The van der Waals surface area contributed by atoms with Crippen molar-refractivity contribution in [3.05, 3.63) is 0 Å². The summed E-state index contributed by atoms with van der Waals surface area (Å²) < 4.78 is 22.9. The van der Waals surface area contributed by atoms with Gasteiger partial charge in [-0.05, 0) is 32.0 Å². The quantitative estimate of drug-likeness (QED) is 0.636. The van der Waals surface area contributed by atoms with Crippen LogP contribution in [0, 0.1) is 0 Å². The second-order valence-corrected chi connectivity index (χ2v) is 13.1. The molecule has 0 amide bonds. The average Bonchev–Trinajstić information content (AvgIpc) is 3.10. The first-order valence-electron chi connectivity index (χ1n) is 7.66. The summed E-state index contributed by atoms with van der Waals surface area (Å²) in [4.78, 5) is 0. The van der Waals surface area contributed by atoms with Crippen LogP contribution in [-0.4, -0.2) is 56.8 Å². The second-order valence-electron chi connectivity index (χ2n) is 8.25. The van der Waals surface area contributed by atoms with Crippen LogP contribution in [0.15, 0.2) is 0 Å². The summed E-state index contributed by atoms with van der Waals surface area (Å²) in [5.41, 5.74) is -1.06. The van der Waals surface area contributed by atoms with Crippen molar-refractivity contribution in [2.45, 2.75) is 76.3 Å². The topological polar surface area (TPSA) is 60.5 Å². The maximum absolute atomic E-state index is 10.6. The molecule has 21 heavy (non-hydrogen) atoms. The Labute approximate surface area is 129 Å². The van der Waals surface area contributed by atoms with Crippen molar-refractivity contribution in [3.8, 4) is 0 Å². The Morgan fingerprint density at radius 1 is 1.19 bits per heavy atom. The number of epoxide rings is 1. The van der Waals surface area contributed by atoms with Crippen molar-refractivity contribution in [1.82, 2.24) is 0 Å². The van der Waals surface area contributed by atoms with E-state index in [1.165, 1.54) is 0 Å². The summed E-state index contributed by atoms with van der Waals surface area (Å²) in [6.07, 6.45) is -0.309. The lowest BCUT2D eigenvalue weighted by atomic mass is 9.98. The van der Waals surface area contributed by atoms with E-state index in [1.807, 2.05) is 13.8 Å². The number of ether oxygens (including phenoxy) is 3. The Morgan fingerprint density at radius 3 is 2.19 bits per heavy atom. The van der Waals surface area contributed by atoms with E-state index in [1.54, 1.807) is 0 Å². The van der Waals surface area contributed by atoms with Crippen LogP contribution in [0.1, 0.15) is 34.6 Å². The number of hydrogen-bond acceptors (Lipinski definition) is 5. The van der Waals surface area contributed by atoms with E-state index in [-0.39, 0.29) is 30.5 Å². The Bertz CT molecular complexity index is 378. The number of rotatable bonds is 4. The molecule has 2 fully saturated rings. The molecule has 2 aliphatic heterocycles. The fourth-order valence-electron chi connectivity index (χ4n) is 2.09. The third-order valence-corrected chi connectivity index (χ3v) is 9.37. The van der Waals surface area contributed by atoms with Crippen LogP contribution in [0.3, 0.4) is 0 Å². The Balaban J connectivity index is 1.83. The third-order valence-electron chi connectivity index (χ3n) is 4.87. The minimum Gasteiger partial charge on any atom is -0.414 e. The lowest BCUT2D eigenvalue weighted by Crippen LogP contribution is -2.55. The molecule has 2 aliphatic rings. The van der Waals surface area contributed by atoms with Crippen LogP contribution in [-0.2, 0) is 18.6 Å². The minimum atomic E-state index is -1.78. The van der Waals surface area contributed by atoms with Gasteiger partial charge in [0.05, 0.1) is 19.8 Å². The van der Waals surface area contributed by atoms with Crippen LogP contribution in [0.2, 0.25) is 18.1 Å². The molecule has 0 aromatic rings. The zero-order chi connectivity index (χ0) is 16.1. The highest BCUT2D eigenvalue weighted by Crippen LogP contribution is 2.40. The third kappa shape index (κ3) is 3.86. The van der Waals surface area contributed by atoms with Gasteiger partial charge in [0.2, 0.25) is 0 Å². The molecule has 2 saturated heterocycles. The van der Waals surface area contributed by atoms with Crippen LogP contribution < -0.4 is 0 Å². The van der Waals surface area contributed by atoms with Crippen molar-refractivity contribution in [2.75, 3.05) is 19.8 Å². The molecule has 1 N–H and O–H groups in total. The van der Waals surface area contributed by atoms with Crippen LogP contribution >= 0.6 is 0 Å². The van der Waals surface area contributed by atoms with Gasteiger partial charge in [0, 0.05) is 0 Å². The molecule has 0 unspecified atom stereocenters. The molecule has 0 aromatic carbocycles. The van der Waals surface area contributed by atoms with Crippen molar-refractivity contribution < 1.29 is 23.7 Å². The van der Waals surface area contributed by atoms with Crippen molar-refractivity contribution >= 4 is 8.32 Å². The van der Waals surface area contributed by atoms with E-state index in [9.17, 15) is 5.11 Å². The van der Waals surface area contributed by atoms with Gasteiger partial charge in [-0.25, -0.2) is 0 Å². The van der Waals surface area contributed by atoms with E-state index in [0.29, 0.717) is 6.61 Å². The lowest BCUT2D eigenvalue weighted by molar-refractivity contribution is -0.304. The fourth-order valence-corrected chi connectivity index (χ4v) is 3.11. The molecule has 0 spiro atoms. The maximum atomic E-state index is 10.6. The molecule has 0 aliphatic carbocycles. The van der Waals surface area contributed by atoms with E-state index in [2.05, 4.69) is 33.9 Å². The van der Waals surface area contributed by atoms with Gasteiger partial charge in [-0.15, -0.1) is 0 Å². The zero-order valence-corrected chi connectivity index (χ0v) is 15.4. The van der Waals surface area contributed by atoms with Crippen molar-refractivity contribution in [1.29, 1.82) is 0 Å². The standard InChI is InChI=1S/C15H30O5Si/c1-13(2,3)21(6,7)19-8-11-12(20-11)15(16)9-17-14(4,5)18-10-15/h11-12,16H,8-10H2,1-7H3/t11-,12-/m1/s1. The summed E-state index contributed by atoms with van der Waals surface area (Å²) in [7, 11) is -1.78. The summed E-state index contributed by atoms with van der Waals surface area (Å²) in [6, 6.07) is 0. The molecule has 0 radical (unpaired) electrons. The highest BCUT2D eigenvalue weighted by atomic mass is 28.4. The van der Waals surface area contributed by atoms with Crippen molar-refractivity contribution in [2.24, 2.45) is 0 Å². The van der Waals surface area contributed by atoms with Gasteiger partial charge < -0.3 is 23.7 Å². The lowest BCUT2D eigenvalue weighted by Gasteiger charge is -2.39. The Morgan fingerprint density at radius 2 is 1.71 bits per heavy atom. The highest BCUT2D eigenvalue weighted by Gasteiger charge is 2.57. The van der Waals surface area contributed by atoms with Gasteiger partial charge in [-0.2, -0.15) is 0 Å². The maximum Gasteiger partial charge on any atom is 0.192 e. The predicted octanol–water partition coefficient (Wildman–Crippen LogP) is 2.29. The molecule has 0 saturated carbocycles. The predicted molar refractivity (Wildman–Crippen MR) is 82.7 cm³/mol. The summed E-state index contributed by atoms with van der Waals surface area (Å²) in [6.45, 7) is 15.8. The van der Waals surface area contributed by atoms with Gasteiger partial charge in [0.1, 0.15) is 17.8 Å². The Hall–Kier alpha value is 0.0169. The molecule has 2 heterocycles. The van der Waals surface area contributed by atoms with Crippen LogP contribution in [0.5, 0.6) is 0 Å². The SMILES string of the molecule is CC1(C)OCC(O)([C@@H]2O[C@@H]2CO[Si](C)(C)C(C)(C)C)CO1. The fraction of sp³-hybridized carbons (Fsp3) is 1.00. The highest BCUT2D eigenvalue weighted by molar-refractivity contribution is 6.74. The van der Waals surface area contributed by atoms with E-state index < -0.39 is 19.7 Å². The molecular weight excluding hydrogens is 288 g/mol. The molecule has 6 heteroatoms. The summed E-state index contributed by atoms with van der Waals surface area (Å²) >= 11 is 0. The molecular formula is C15H30O5Si. The first kappa shape index (κ1) is 17.4. The molecule has 2 atom stereocenters. The minimum absolute atomic E-state index is 0.0578. The van der Waals surface area contributed by atoms with Gasteiger partial charge in [-0.1, -0.05) is 20.8 Å². The zero-order valence-electron chi connectivity index (χ0n) is 14.4. The average molecular weight is 318 g/mol. The monoisotopic (exact) mass is 318 g/mol. The normalized spacial score (nSPS) is 32.0. The van der Waals surface area contributed by atoms with Gasteiger partial charge in [0.25, 0.3) is 0 Å². The van der Waals surface area contributed by atoms with Crippen LogP contribution in [0.25, 0.3) is 0 Å². The Kier molecular flexibility index (Phi) is 4.37. The molecule has 5 nitrogen and oxygen atoms in total.